The molecule has 0 radical (unpaired) electrons. The van der Waals surface area contributed by atoms with Crippen molar-refractivity contribution in [2.45, 2.75) is 92.0 Å². The number of imidazole rings is 1. The molecule has 0 atom stereocenters. The molecule has 160 valence electrons. The van der Waals surface area contributed by atoms with E-state index in [1.165, 1.54) is 81.9 Å². The van der Waals surface area contributed by atoms with Crippen molar-refractivity contribution in [2.75, 3.05) is 7.11 Å². The van der Waals surface area contributed by atoms with Crippen LogP contribution in [0.1, 0.15) is 71.5 Å². The number of rotatable bonds is 12. The summed E-state index contributed by atoms with van der Waals surface area (Å²) in [5.74, 6) is 2.29. The van der Waals surface area contributed by atoms with Gasteiger partial charge in [0.1, 0.15) is 0 Å². The van der Waals surface area contributed by atoms with Gasteiger partial charge in [0, 0.05) is 0 Å². The van der Waals surface area contributed by atoms with Crippen molar-refractivity contribution < 1.29 is 4.74 Å². The third-order valence-electron chi connectivity index (χ3n) is 6.72. The fourth-order valence-electron chi connectivity index (χ4n) is 5.09. The Morgan fingerprint density at radius 1 is 0.931 bits per heavy atom. The van der Waals surface area contributed by atoms with Gasteiger partial charge in [0.25, 0.3) is 0 Å². The van der Waals surface area contributed by atoms with E-state index in [1.54, 1.807) is 10.8 Å². The van der Waals surface area contributed by atoms with E-state index in [9.17, 15) is 0 Å². The summed E-state index contributed by atoms with van der Waals surface area (Å²) < 4.78 is 14.4. The van der Waals surface area contributed by atoms with Gasteiger partial charge in [0.15, 0.2) is 0 Å². The number of nitrogens with zero attached hydrogens (tertiary/aromatic N) is 2. The summed E-state index contributed by atoms with van der Waals surface area (Å²) in [4.78, 5) is 5.28. The van der Waals surface area contributed by atoms with E-state index in [0.29, 0.717) is 0 Å². The molecule has 1 aliphatic rings. The molecule has 3 nitrogen and oxygen atoms in total. The molecular formula is C25H40N2OSn. The zero-order chi connectivity index (χ0) is 20.7. The summed E-state index contributed by atoms with van der Waals surface area (Å²) in [7, 11) is 1.74. The third-order valence-corrected chi connectivity index (χ3v) is 22.3. The molecule has 2 heterocycles. The van der Waals surface area contributed by atoms with Crippen LogP contribution in [0, 0.1) is 0 Å². The van der Waals surface area contributed by atoms with Crippen LogP contribution in [0.5, 0.6) is 5.75 Å². The Balaban J connectivity index is 2.13. The number of aromatic nitrogens is 2. The van der Waals surface area contributed by atoms with Crippen LogP contribution in [0.15, 0.2) is 24.3 Å². The number of benzene rings is 1. The van der Waals surface area contributed by atoms with Gasteiger partial charge in [-0.3, -0.25) is 0 Å². The van der Waals surface area contributed by atoms with Crippen LogP contribution in [0.4, 0.5) is 0 Å². The van der Waals surface area contributed by atoms with Gasteiger partial charge in [-0.2, -0.15) is 0 Å². The molecule has 29 heavy (non-hydrogen) atoms. The molecule has 2 aromatic rings. The van der Waals surface area contributed by atoms with Crippen LogP contribution in [0.2, 0.25) is 13.3 Å². The molecule has 0 saturated heterocycles. The van der Waals surface area contributed by atoms with Crippen molar-refractivity contribution in [3.8, 4) is 17.0 Å². The Kier molecular flexibility index (Phi) is 8.52. The summed E-state index contributed by atoms with van der Waals surface area (Å²) in [6, 6.07) is 8.67. The zero-order valence-electron chi connectivity index (χ0n) is 19.1. The summed E-state index contributed by atoms with van der Waals surface area (Å²) in [5, 5.41) is 0. The summed E-state index contributed by atoms with van der Waals surface area (Å²) >= 11 is -2.58. The monoisotopic (exact) mass is 504 g/mol. The zero-order valence-corrected chi connectivity index (χ0v) is 22.0. The number of hydrogen-bond acceptors (Lipinski definition) is 2. The van der Waals surface area contributed by atoms with Crippen LogP contribution >= 0.6 is 0 Å². The number of unbranched alkanes of at least 4 members (excludes halogenated alkanes) is 3. The van der Waals surface area contributed by atoms with Crippen molar-refractivity contribution >= 4 is 22.1 Å². The minimum atomic E-state index is -2.58. The molecule has 1 aliphatic heterocycles. The van der Waals surface area contributed by atoms with Crippen LogP contribution in [0.25, 0.3) is 11.3 Å². The predicted molar refractivity (Wildman–Crippen MR) is 127 cm³/mol. The van der Waals surface area contributed by atoms with E-state index in [2.05, 4.69) is 49.6 Å². The van der Waals surface area contributed by atoms with Gasteiger partial charge >= 0.3 is 183 Å². The number of methoxy groups -OCH3 is 1. The molecule has 0 N–H and O–H groups in total. The molecule has 3 rings (SSSR count). The first-order valence-corrected chi connectivity index (χ1v) is 19.4. The van der Waals surface area contributed by atoms with Crippen LogP contribution in [-0.2, 0) is 13.0 Å². The van der Waals surface area contributed by atoms with Gasteiger partial charge in [-0.25, -0.2) is 0 Å². The Morgan fingerprint density at radius 2 is 1.52 bits per heavy atom. The molecule has 4 heteroatoms. The Hall–Kier alpha value is -0.971. The van der Waals surface area contributed by atoms with Gasteiger partial charge in [0.05, 0.1) is 0 Å². The van der Waals surface area contributed by atoms with E-state index in [1.807, 2.05) is 0 Å². The maximum absolute atomic E-state index is 5.41. The van der Waals surface area contributed by atoms with Crippen molar-refractivity contribution in [1.82, 2.24) is 9.55 Å². The number of fused-ring (bicyclic) bond motifs is 1. The van der Waals surface area contributed by atoms with Gasteiger partial charge in [-0.15, -0.1) is 0 Å². The van der Waals surface area contributed by atoms with Crippen LogP contribution in [-0.4, -0.2) is 35.0 Å². The Bertz CT molecular complexity index is 744. The Labute approximate surface area is 182 Å². The summed E-state index contributed by atoms with van der Waals surface area (Å²) in [5.41, 5.74) is 2.63. The van der Waals surface area contributed by atoms with E-state index in [0.717, 1.165) is 12.2 Å². The second-order valence-corrected chi connectivity index (χ2v) is 21.7. The van der Waals surface area contributed by atoms with E-state index < -0.39 is 18.4 Å². The van der Waals surface area contributed by atoms with Crippen molar-refractivity contribution in [1.29, 1.82) is 0 Å². The third kappa shape index (κ3) is 5.03. The SMILES string of the molecule is CCC[CH2][Sn]([CH2]CCC)([CH2]CCC)[c]1c(-c2ccc(OC)cc2)nc2n1CCC2. The van der Waals surface area contributed by atoms with E-state index in [-0.39, 0.29) is 0 Å². The number of hydrogen-bond donors (Lipinski definition) is 0. The second kappa shape index (κ2) is 10.9. The average molecular weight is 503 g/mol. The standard InChI is InChI=1S/C13H13N2O.3C4H9.Sn/c1-16-11-6-4-10(5-7-11)12-9-15-8-2-3-13(15)14-12;3*1-3-4-2;/h4-7H,2-3,8H2,1H3;3*1,3-4H2,2H3;. The fourth-order valence-corrected chi connectivity index (χ4v) is 22.4. The van der Waals surface area contributed by atoms with E-state index >= 15 is 0 Å². The number of ether oxygens (including phenoxy) is 1. The van der Waals surface area contributed by atoms with Gasteiger partial charge in [0.2, 0.25) is 0 Å². The molecule has 0 unspecified atom stereocenters. The van der Waals surface area contributed by atoms with Crippen LogP contribution in [0.3, 0.4) is 0 Å². The minimum absolute atomic E-state index is 0.930. The molecular weight excluding hydrogens is 463 g/mol. The van der Waals surface area contributed by atoms with Crippen molar-refractivity contribution in [2.24, 2.45) is 0 Å². The Morgan fingerprint density at radius 3 is 2.03 bits per heavy atom. The molecule has 1 aromatic heterocycles. The first-order valence-electron chi connectivity index (χ1n) is 11.9. The maximum atomic E-state index is 5.41. The molecule has 0 aliphatic carbocycles. The van der Waals surface area contributed by atoms with Gasteiger partial charge < -0.3 is 0 Å². The molecule has 0 bridgehead atoms. The fraction of sp³-hybridized carbons (Fsp3) is 0.640. The molecule has 0 amide bonds. The predicted octanol–water partition coefficient (Wildman–Crippen LogP) is 6.56. The quantitative estimate of drug-likeness (QED) is 0.307. The molecule has 0 fully saturated rings. The molecule has 0 saturated carbocycles. The first-order chi connectivity index (χ1) is 14.2. The van der Waals surface area contributed by atoms with Gasteiger partial charge in [-0.1, -0.05) is 0 Å². The topological polar surface area (TPSA) is 27.1 Å². The summed E-state index contributed by atoms with van der Waals surface area (Å²) in [6.45, 7) is 8.28. The molecule has 0 spiro atoms. The summed E-state index contributed by atoms with van der Waals surface area (Å²) in [6.07, 6.45) is 10.6. The average Bonchev–Trinajstić information content (AvgIpc) is 3.35. The van der Waals surface area contributed by atoms with Crippen LogP contribution < -0.4 is 8.45 Å². The van der Waals surface area contributed by atoms with Crippen molar-refractivity contribution in [3.05, 3.63) is 30.1 Å². The normalized spacial score (nSPS) is 13.7. The van der Waals surface area contributed by atoms with E-state index in [4.69, 9.17) is 9.72 Å². The second-order valence-electron chi connectivity index (χ2n) is 8.80. The number of aryl methyl sites for hydroxylation is 1. The first kappa shape index (κ1) is 22.7. The van der Waals surface area contributed by atoms with Crippen molar-refractivity contribution in [3.63, 3.8) is 0 Å². The molecule has 1 aromatic carbocycles. The van der Waals surface area contributed by atoms with Gasteiger partial charge in [-0.05, 0) is 0 Å².